The molecule has 0 atom stereocenters. The maximum Gasteiger partial charge on any atom is 0.238 e. The Kier molecular flexibility index (Phi) is 4.82. The van der Waals surface area contributed by atoms with Crippen LogP contribution in [0.5, 0.6) is 0 Å². The second-order valence-electron chi connectivity index (χ2n) is 6.23. The fourth-order valence-electron chi connectivity index (χ4n) is 3.14. The summed E-state index contributed by atoms with van der Waals surface area (Å²) in [5.74, 6) is 0.257. The minimum atomic E-state index is -3.79. The summed E-state index contributed by atoms with van der Waals surface area (Å²) in [7, 11) is -3.79. The van der Waals surface area contributed by atoms with E-state index in [-0.39, 0.29) is 10.7 Å². The van der Waals surface area contributed by atoms with E-state index in [0.717, 1.165) is 16.2 Å². The van der Waals surface area contributed by atoms with Gasteiger partial charge in [-0.1, -0.05) is 17.8 Å². The van der Waals surface area contributed by atoms with E-state index in [1.807, 2.05) is 11.5 Å². The molecule has 0 amide bonds. The number of halogens is 1. The van der Waals surface area contributed by atoms with Crippen LogP contribution in [-0.4, -0.2) is 23.0 Å². The van der Waals surface area contributed by atoms with Gasteiger partial charge in [0.25, 0.3) is 0 Å². The number of aromatic nitrogens is 3. The average molecular weight is 417 g/mol. The van der Waals surface area contributed by atoms with Crippen molar-refractivity contribution in [3.05, 3.63) is 60.0 Å². The summed E-state index contributed by atoms with van der Waals surface area (Å²) in [6, 6.07) is 11.3. The van der Waals surface area contributed by atoms with Crippen molar-refractivity contribution in [3.63, 3.8) is 0 Å². The van der Waals surface area contributed by atoms with Crippen LogP contribution in [0.3, 0.4) is 0 Å². The number of nitrogens with zero attached hydrogens (tertiary/aromatic N) is 3. The third kappa shape index (κ3) is 3.36. The number of imidazole rings is 1. The van der Waals surface area contributed by atoms with Crippen molar-refractivity contribution in [3.8, 4) is 0 Å². The first-order valence-corrected chi connectivity index (χ1v) is 11.1. The molecule has 4 aromatic rings. The number of benzene rings is 2. The van der Waals surface area contributed by atoms with Crippen molar-refractivity contribution in [1.29, 1.82) is 0 Å². The lowest BCUT2D eigenvalue weighted by atomic mass is 10.1. The van der Waals surface area contributed by atoms with Gasteiger partial charge < -0.3 is 4.57 Å². The minimum absolute atomic E-state index is 0.0334. The highest BCUT2D eigenvalue weighted by Gasteiger charge is 2.15. The second kappa shape index (κ2) is 7.16. The molecule has 0 fully saturated rings. The number of rotatable bonds is 5. The first-order valence-electron chi connectivity index (χ1n) is 8.56. The quantitative estimate of drug-likeness (QED) is 0.501. The lowest BCUT2D eigenvalue weighted by Crippen LogP contribution is -2.11. The van der Waals surface area contributed by atoms with Crippen LogP contribution in [0.15, 0.2) is 58.7 Å². The molecule has 28 heavy (non-hydrogen) atoms. The Morgan fingerprint density at radius 2 is 2.04 bits per heavy atom. The van der Waals surface area contributed by atoms with Gasteiger partial charge >= 0.3 is 0 Å². The Bertz CT molecular complexity index is 1300. The third-order valence-corrected chi connectivity index (χ3v) is 6.42. The van der Waals surface area contributed by atoms with Gasteiger partial charge in [-0.3, -0.25) is 4.98 Å². The standard InChI is InChI=1S/C19H17FN4O2S2/c1-2-24-17-8-6-13(28(21,25)26)10-16(17)23-19(24)27-11-12-5-7-15(20)14-4-3-9-22-18(12)14/h3-10H,2,11H2,1H3,(H2,21,25,26). The number of pyridine rings is 1. The molecular formula is C19H17FN4O2S2. The Morgan fingerprint density at radius 3 is 2.79 bits per heavy atom. The van der Waals surface area contributed by atoms with Gasteiger partial charge in [0, 0.05) is 23.9 Å². The molecule has 2 aromatic heterocycles. The maximum absolute atomic E-state index is 14.0. The molecule has 0 aliphatic rings. The monoisotopic (exact) mass is 416 g/mol. The van der Waals surface area contributed by atoms with Gasteiger partial charge in [-0.2, -0.15) is 0 Å². The highest BCUT2D eigenvalue weighted by Crippen LogP contribution is 2.30. The smallest absolute Gasteiger partial charge is 0.238 e. The summed E-state index contributed by atoms with van der Waals surface area (Å²) < 4.78 is 39.2. The first kappa shape index (κ1) is 18.9. The van der Waals surface area contributed by atoms with Crippen molar-refractivity contribution in [2.75, 3.05) is 0 Å². The summed E-state index contributed by atoms with van der Waals surface area (Å²) in [6.45, 7) is 2.67. The molecule has 0 saturated carbocycles. The van der Waals surface area contributed by atoms with E-state index < -0.39 is 10.0 Å². The second-order valence-corrected chi connectivity index (χ2v) is 8.73. The molecular weight excluding hydrogens is 399 g/mol. The van der Waals surface area contributed by atoms with Crippen LogP contribution in [0.1, 0.15) is 12.5 Å². The number of primary sulfonamides is 1. The van der Waals surface area contributed by atoms with Crippen LogP contribution < -0.4 is 5.14 Å². The van der Waals surface area contributed by atoms with Crippen LogP contribution in [0.2, 0.25) is 0 Å². The molecule has 0 bridgehead atoms. The highest BCUT2D eigenvalue weighted by molar-refractivity contribution is 7.98. The average Bonchev–Trinajstić information content (AvgIpc) is 3.03. The number of hydrogen-bond acceptors (Lipinski definition) is 5. The van der Waals surface area contributed by atoms with Crippen molar-refractivity contribution in [2.24, 2.45) is 5.14 Å². The molecule has 0 radical (unpaired) electrons. The van der Waals surface area contributed by atoms with Crippen molar-refractivity contribution in [2.45, 2.75) is 29.3 Å². The SMILES string of the molecule is CCn1c(SCc2ccc(F)c3cccnc23)nc2cc(S(N)(=O)=O)ccc21. The Hall–Kier alpha value is -2.49. The highest BCUT2D eigenvalue weighted by atomic mass is 32.2. The predicted molar refractivity (Wildman–Crippen MR) is 108 cm³/mol. The zero-order valence-corrected chi connectivity index (χ0v) is 16.6. The molecule has 4 rings (SSSR count). The van der Waals surface area contributed by atoms with Gasteiger partial charge in [0.05, 0.1) is 21.4 Å². The minimum Gasteiger partial charge on any atom is -0.319 e. The van der Waals surface area contributed by atoms with Crippen LogP contribution in [0, 0.1) is 5.82 Å². The van der Waals surface area contributed by atoms with Crippen molar-refractivity contribution in [1.82, 2.24) is 14.5 Å². The maximum atomic E-state index is 14.0. The molecule has 6 nitrogen and oxygen atoms in total. The van der Waals surface area contributed by atoms with Gasteiger partial charge in [-0.25, -0.2) is 22.9 Å². The summed E-state index contributed by atoms with van der Waals surface area (Å²) in [5.41, 5.74) is 2.94. The summed E-state index contributed by atoms with van der Waals surface area (Å²) in [4.78, 5) is 8.93. The van der Waals surface area contributed by atoms with Crippen molar-refractivity contribution >= 4 is 43.7 Å². The van der Waals surface area contributed by atoms with Gasteiger partial charge in [0.2, 0.25) is 10.0 Å². The Labute approximate surface area is 165 Å². The number of thioether (sulfide) groups is 1. The fraction of sp³-hybridized carbons (Fsp3) is 0.158. The molecule has 9 heteroatoms. The normalized spacial score (nSPS) is 12.1. The lowest BCUT2D eigenvalue weighted by molar-refractivity contribution is 0.598. The Balaban J connectivity index is 1.71. The van der Waals surface area contributed by atoms with Gasteiger partial charge in [-0.05, 0) is 48.9 Å². The summed E-state index contributed by atoms with van der Waals surface area (Å²) in [5, 5.41) is 6.46. The van der Waals surface area contributed by atoms with Crippen LogP contribution in [0.25, 0.3) is 21.9 Å². The van der Waals surface area contributed by atoms with E-state index in [4.69, 9.17) is 5.14 Å². The molecule has 0 spiro atoms. The number of nitrogens with two attached hydrogens (primary N) is 1. The molecule has 0 aliphatic heterocycles. The zero-order valence-electron chi connectivity index (χ0n) is 15.0. The largest absolute Gasteiger partial charge is 0.319 e. The molecule has 2 N–H and O–H groups in total. The third-order valence-electron chi connectivity index (χ3n) is 4.49. The summed E-state index contributed by atoms with van der Waals surface area (Å²) >= 11 is 1.49. The van der Waals surface area contributed by atoms with Gasteiger partial charge in [0.15, 0.2) is 5.16 Å². The van der Waals surface area contributed by atoms with E-state index in [1.54, 1.807) is 30.5 Å². The predicted octanol–water partition coefficient (Wildman–Crippen LogP) is 3.68. The van der Waals surface area contributed by atoms with Crippen LogP contribution in [-0.2, 0) is 22.3 Å². The first-order chi connectivity index (χ1) is 13.4. The Morgan fingerprint density at radius 1 is 1.21 bits per heavy atom. The molecule has 2 heterocycles. The van der Waals surface area contributed by atoms with Gasteiger partial charge in [-0.15, -0.1) is 0 Å². The van der Waals surface area contributed by atoms with Gasteiger partial charge in [0.1, 0.15) is 5.82 Å². The van der Waals surface area contributed by atoms with Crippen LogP contribution in [0.4, 0.5) is 4.39 Å². The zero-order chi connectivity index (χ0) is 19.9. The number of sulfonamides is 1. The fourth-order valence-corrected chi connectivity index (χ4v) is 4.73. The van der Waals surface area contributed by atoms with E-state index in [1.165, 1.54) is 30.0 Å². The molecule has 0 saturated heterocycles. The van der Waals surface area contributed by atoms with Crippen molar-refractivity contribution < 1.29 is 12.8 Å². The lowest BCUT2D eigenvalue weighted by Gasteiger charge is -2.08. The number of aryl methyl sites for hydroxylation is 1. The number of hydrogen-bond donors (Lipinski definition) is 1. The number of fused-ring (bicyclic) bond motifs is 2. The van der Waals surface area contributed by atoms with Crippen LogP contribution >= 0.6 is 11.8 Å². The molecule has 144 valence electrons. The van der Waals surface area contributed by atoms with E-state index in [0.29, 0.717) is 28.7 Å². The molecule has 0 unspecified atom stereocenters. The van der Waals surface area contributed by atoms with E-state index in [9.17, 15) is 12.8 Å². The van der Waals surface area contributed by atoms with E-state index >= 15 is 0 Å². The molecule has 2 aromatic carbocycles. The topological polar surface area (TPSA) is 90.9 Å². The van der Waals surface area contributed by atoms with E-state index in [2.05, 4.69) is 9.97 Å². The molecule has 0 aliphatic carbocycles. The summed E-state index contributed by atoms with van der Waals surface area (Å²) in [6.07, 6.45) is 1.64.